The van der Waals surface area contributed by atoms with Gasteiger partial charge in [0.1, 0.15) is 5.52 Å². The van der Waals surface area contributed by atoms with Crippen molar-refractivity contribution in [3.63, 3.8) is 0 Å². The average Bonchev–Trinajstić information content (AvgIpc) is 3.15. The number of carbonyl (C=O) groups excluding carboxylic acids is 1. The molecule has 23 heavy (non-hydrogen) atoms. The molecule has 0 bridgehead atoms. The summed E-state index contributed by atoms with van der Waals surface area (Å²) in [5, 5.41) is 8.90. The van der Waals surface area contributed by atoms with Gasteiger partial charge in [-0.05, 0) is 36.6 Å². The van der Waals surface area contributed by atoms with Crippen LogP contribution in [0.25, 0.3) is 11.1 Å². The number of anilines is 1. The van der Waals surface area contributed by atoms with Crippen molar-refractivity contribution in [2.45, 2.75) is 6.92 Å². The van der Waals surface area contributed by atoms with E-state index in [9.17, 15) is 4.79 Å². The van der Waals surface area contributed by atoms with E-state index < -0.39 is 5.91 Å². The summed E-state index contributed by atoms with van der Waals surface area (Å²) in [6, 6.07) is 8.97. The lowest BCUT2D eigenvalue weighted by Crippen LogP contribution is -2.17. The first-order chi connectivity index (χ1) is 11.1. The summed E-state index contributed by atoms with van der Waals surface area (Å²) in [6.07, 6.45) is 0. The summed E-state index contributed by atoms with van der Waals surface area (Å²) in [5.74, 6) is -0.412. The number of nitrogens with one attached hydrogen (secondary N) is 1. The van der Waals surface area contributed by atoms with E-state index in [2.05, 4.69) is 15.5 Å². The van der Waals surface area contributed by atoms with Gasteiger partial charge in [-0.15, -0.1) is 11.3 Å². The lowest BCUT2D eigenvalue weighted by atomic mass is 10.3. The van der Waals surface area contributed by atoms with Crippen molar-refractivity contribution in [2.75, 3.05) is 11.9 Å². The Kier molecular flexibility index (Phi) is 4.59. The molecule has 1 N–H and O–H groups in total. The van der Waals surface area contributed by atoms with E-state index in [0.29, 0.717) is 21.8 Å². The normalized spacial score (nSPS) is 11.7. The molecule has 0 saturated heterocycles. The number of hydrogen-bond acceptors (Lipinski definition) is 6. The lowest BCUT2D eigenvalue weighted by molar-refractivity contribution is -0.120. The van der Waals surface area contributed by atoms with Crippen molar-refractivity contribution >= 4 is 51.7 Å². The van der Waals surface area contributed by atoms with Crippen LogP contribution in [-0.4, -0.2) is 23.2 Å². The van der Waals surface area contributed by atoms with Gasteiger partial charge in [0.05, 0.1) is 10.6 Å². The molecule has 0 aliphatic rings. The van der Waals surface area contributed by atoms with Gasteiger partial charge in [-0.3, -0.25) is 10.1 Å². The maximum absolute atomic E-state index is 11.8. The number of amides is 1. The van der Waals surface area contributed by atoms with Crippen LogP contribution in [0.4, 0.5) is 6.01 Å². The molecule has 1 aromatic carbocycles. The summed E-state index contributed by atoms with van der Waals surface area (Å²) < 4.78 is 5.39. The first kappa shape index (κ1) is 15.5. The van der Waals surface area contributed by atoms with Crippen LogP contribution >= 0.6 is 22.9 Å². The van der Waals surface area contributed by atoms with Gasteiger partial charge in [-0.2, -0.15) is 4.98 Å². The Hall–Kier alpha value is -2.38. The van der Waals surface area contributed by atoms with Crippen LogP contribution in [0.2, 0.25) is 5.02 Å². The molecule has 118 valence electrons. The minimum absolute atomic E-state index is 0.0924. The van der Waals surface area contributed by atoms with E-state index in [1.165, 1.54) is 0 Å². The molecule has 3 aromatic rings. The third-order valence-corrected chi connectivity index (χ3v) is 4.08. The highest BCUT2D eigenvalue weighted by molar-refractivity contribution is 7.12. The van der Waals surface area contributed by atoms with Crippen molar-refractivity contribution in [3.05, 3.63) is 45.6 Å². The van der Waals surface area contributed by atoms with E-state index in [4.69, 9.17) is 20.9 Å². The molecule has 0 saturated carbocycles. The van der Waals surface area contributed by atoms with Crippen molar-refractivity contribution in [1.29, 1.82) is 0 Å². The number of aromatic nitrogens is 1. The van der Waals surface area contributed by atoms with E-state index >= 15 is 0 Å². The number of oxime groups is 1. The molecule has 2 aromatic heterocycles. The minimum Gasteiger partial charge on any atom is -0.423 e. The van der Waals surface area contributed by atoms with Gasteiger partial charge in [0.25, 0.3) is 5.91 Å². The zero-order chi connectivity index (χ0) is 16.2. The number of nitrogens with zero attached hydrogens (tertiary/aromatic N) is 2. The Morgan fingerprint density at radius 2 is 2.35 bits per heavy atom. The zero-order valence-electron chi connectivity index (χ0n) is 12.1. The maximum Gasteiger partial charge on any atom is 0.302 e. The lowest BCUT2D eigenvalue weighted by Gasteiger charge is -2.00. The summed E-state index contributed by atoms with van der Waals surface area (Å²) >= 11 is 7.42. The fourth-order valence-electron chi connectivity index (χ4n) is 1.83. The molecule has 0 aliphatic heterocycles. The van der Waals surface area contributed by atoms with Crippen LogP contribution in [0.1, 0.15) is 11.8 Å². The standard InChI is InChI=1S/C15H12ClN3O3S/c1-9(13-3-2-6-23-13)19-21-8-14(20)18-15-17-11-7-10(16)4-5-12(11)22-15/h2-7H,8H2,1H3,(H,17,18,20)/b19-9-. The van der Waals surface area contributed by atoms with Crippen molar-refractivity contribution in [1.82, 2.24) is 4.98 Å². The van der Waals surface area contributed by atoms with Crippen molar-refractivity contribution < 1.29 is 14.0 Å². The number of hydrogen-bond donors (Lipinski definition) is 1. The number of oxazole rings is 1. The van der Waals surface area contributed by atoms with Gasteiger partial charge in [0, 0.05) is 5.02 Å². The maximum atomic E-state index is 11.8. The highest BCUT2D eigenvalue weighted by Gasteiger charge is 2.10. The fourth-order valence-corrected chi connectivity index (χ4v) is 2.66. The Bertz CT molecular complexity index is 858. The second-order valence-electron chi connectivity index (χ2n) is 4.61. The summed E-state index contributed by atoms with van der Waals surface area (Å²) in [4.78, 5) is 21.9. The van der Waals surface area contributed by atoms with Gasteiger partial charge in [0.2, 0.25) is 0 Å². The molecule has 0 atom stereocenters. The molecule has 0 aliphatic carbocycles. The van der Waals surface area contributed by atoms with E-state index in [1.54, 1.807) is 29.5 Å². The summed E-state index contributed by atoms with van der Waals surface area (Å²) in [6.45, 7) is 1.58. The van der Waals surface area contributed by atoms with Crippen LogP contribution < -0.4 is 5.32 Å². The second kappa shape index (κ2) is 6.80. The Labute approximate surface area is 140 Å². The quantitative estimate of drug-likeness (QED) is 0.559. The second-order valence-corrected chi connectivity index (χ2v) is 5.99. The third kappa shape index (κ3) is 3.88. The van der Waals surface area contributed by atoms with Crippen LogP contribution in [0, 0.1) is 0 Å². The predicted octanol–water partition coefficient (Wildman–Crippen LogP) is 3.92. The molecular weight excluding hydrogens is 338 g/mol. The smallest absolute Gasteiger partial charge is 0.302 e. The number of thiophene rings is 1. The van der Waals surface area contributed by atoms with Gasteiger partial charge in [-0.1, -0.05) is 22.8 Å². The highest BCUT2D eigenvalue weighted by atomic mass is 35.5. The minimum atomic E-state index is -0.412. The van der Waals surface area contributed by atoms with Crippen LogP contribution in [0.3, 0.4) is 0 Å². The van der Waals surface area contributed by atoms with Gasteiger partial charge < -0.3 is 9.25 Å². The van der Waals surface area contributed by atoms with Crippen molar-refractivity contribution in [3.8, 4) is 0 Å². The predicted molar refractivity (Wildman–Crippen MR) is 90.1 cm³/mol. The number of benzene rings is 1. The topological polar surface area (TPSA) is 76.7 Å². The monoisotopic (exact) mass is 349 g/mol. The van der Waals surface area contributed by atoms with E-state index in [0.717, 1.165) is 4.88 Å². The average molecular weight is 350 g/mol. The van der Waals surface area contributed by atoms with Crippen LogP contribution in [0.5, 0.6) is 0 Å². The number of carbonyl (C=O) groups is 1. The Balaban J connectivity index is 1.57. The summed E-state index contributed by atoms with van der Waals surface area (Å²) in [7, 11) is 0. The van der Waals surface area contributed by atoms with Gasteiger partial charge >= 0.3 is 6.01 Å². The first-order valence-electron chi connectivity index (χ1n) is 6.68. The molecule has 3 rings (SSSR count). The van der Waals surface area contributed by atoms with Crippen LogP contribution in [-0.2, 0) is 9.63 Å². The number of halogens is 1. The summed E-state index contributed by atoms with van der Waals surface area (Å²) in [5.41, 5.74) is 1.82. The molecule has 2 heterocycles. The largest absolute Gasteiger partial charge is 0.423 e. The van der Waals surface area contributed by atoms with Crippen molar-refractivity contribution in [2.24, 2.45) is 5.16 Å². The molecule has 0 unspecified atom stereocenters. The SMILES string of the molecule is C/C(=N/OCC(=O)Nc1nc2cc(Cl)ccc2o1)c1cccs1. The molecule has 0 radical (unpaired) electrons. The van der Waals surface area contributed by atoms with Gasteiger partial charge in [-0.25, -0.2) is 0 Å². The van der Waals surface area contributed by atoms with E-state index in [1.807, 2.05) is 24.4 Å². The molecule has 6 nitrogen and oxygen atoms in total. The Morgan fingerprint density at radius 1 is 1.48 bits per heavy atom. The highest BCUT2D eigenvalue weighted by Crippen LogP contribution is 2.22. The Morgan fingerprint density at radius 3 is 3.13 bits per heavy atom. The number of fused-ring (bicyclic) bond motifs is 1. The molecule has 1 amide bonds. The fraction of sp³-hybridized carbons (Fsp3) is 0.133. The van der Waals surface area contributed by atoms with Crippen LogP contribution in [0.15, 0.2) is 45.3 Å². The molecule has 0 spiro atoms. The van der Waals surface area contributed by atoms with E-state index in [-0.39, 0.29) is 12.6 Å². The zero-order valence-corrected chi connectivity index (χ0v) is 13.6. The number of rotatable bonds is 5. The third-order valence-electron chi connectivity index (χ3n) is 2.87. The van der Waals surface area contributed by atoms with Gasteiger partial charge in [0.15, 0.2) is 12.2 Å². The molecule has 8 heteroatoms. The molecular formula is C15H12ClN3O3S. The molecule has 0 fully saturated rings. The first-order valence-corrected chi connectivity index (χ1v) is 7.94.